The molecule has 4 heteroatoms. The van der Waals surface area contributed by atoms with Gasteiger partial charge in [-0.2, -0.15) is 0 Å². The number of carbonyl (C=O) groups excluding carboxylic acids is 1. The van der Waals surface area contributed by atoms with Crippen LogP contribution in [0.3, 0.4) is 0 Å². The van der Waals surface area contributed by atoms with Crippen molar-refractivity contribution in [3.05, 3.63) is 83.4 Å². The SMILES string of the molecule is C=CC(=O)N1Cc2ccccc2[C@@H](c2c(F)cccc2F)C1. The first-order valence-corrected chi connectivity index (χ1v) is 7.05. The fraction of sp³-hybridized carbons (Fsp3) is 0.167. The fourth-order valence-corrected chi connectivity index (χ4v) is 2.99. The van der Waals surface area contributed by atoms with E-state index in [1.807, 2.05) is 24.3 Å². The van der Waals surface area contributed by atoms with Gasteiger partial charge in [-0.15, -0.1) is 0 Å². The van der Waals surface area contributed by atoms with E-state index in [9.17, 15) is 13.6 Å². The molecular weight excluding hydrogens is 284 g/mol. The van der Waals surface area contributed by atoms with Crippen LogP contribution in [-0.2, 0) is 11.3 Å². The highest BCUT2D eigenvalue weighted by Gasteiger charge is 2.31. The zero-order valence-corrected chi connectivity index (χ0v) is 11.9. The highest BCUT2D eigenvalue weighted by Crippen LogP contribution is 2.35. The molecule has 0 saturated carbocycles. The molecular formula is C18H15F2NO. The van der Waals surface area contributed by atoms with Crippen LogP contribution in [0.5, 0.6) is 0 Å². The van der Waals surface area contributed by atoms with Gasteiger partial charge in [-0.25, -0.2) is 8.78 Å². The highest BCUT2D eigenvalue weighted by atomic mass is 19.1. The molecule has 0 bridgehead atoms. The van der Waals surface area contributed by atoms with Crippen molar-refractivity contribution in [1.29, 1.82) is 0 Å². The van der Waals surface area contributed by atoms with Crippen molar-refractivity contribution in [3.8, 4) is 0 Å². The minimum Gasteiger partial charge on any atom is -0.334 e. The Morgan fingerprint density at radius 3 is 2.50 bits per heavy atom. The third kappa shape index (κ3) is 2.41. The lowest BCUT2D eigenvalue weighted by atomic mass is 9.84. The maximum Gasteiger partial charge on any atom is 0.246 e. The van der Waals surface area contributed by atoms with Gasteiger partial charge >= 0.3 is 0 Å². The monoisotopic (exact) mass is 299 g/mol. The number of fused-ring (bicyclic) bond motifs is 1. The lowest BCUT2D eigenvalue weighted by Crippen LogP contribution is -2.38. The Morgan fingerprint density at radius 2 is 1.82 bits per heavy atom. The van der Waals surface area contributed by atoms with Gasteiger partial charge in [0.2, 0.25) is 5.91 Å². The van der Waals surface area contributed by atoms with Gasteiger partial charge in [0.15, 0.2) is 0 Å². The second-order valence-electron chi connectivity index (χ2n) is 5.31. The van der Waals surface area contributed by atoms with Gasteiger partial charge in [0.1, 0.15) is 11.6 Å². The minimum atomic E-state index is -0.590. The molecule has 2 aromatic rings. The molecule has 1 amide bonds. The molecule has 1 atom stereocenters. The van der Waals surface area contributed by atoms with Crippen molar-refractivity contribution in [3.63, 3.8) is 0 Å². The summed E-state index contributed by atoms with van der Waals surface area (Å²) in [5.74, 6) is -1.94. The molecule has 1 heterocycles. The molecule has 2 aromatic carbocycles. The van der Waals surface area contributed by atoms with E-state index in [1.54, 1.807) is 4.90 Å². The molecule has 22 heavy (non-hydrogen) atoms. The summed E-state index contributed by atoms with van der Waals surface area (Å²) in [6, 6.07) is 11.3. The van der Waals surface area contributed by atoms with Gasteiger partial charge in [-0.05, 0) is 29.3 Å². The fourth-order valence-electron chi connectivity index (χ4n) is 2.99. The molecule has 1 aliphatic rings. The molecule has 0 fully saturated rings. The second kappa shape index (κ2) is 5.72. The van der Waals surface area contributed by atoms with E-state index in [-0.39, 0.29) is 18.0 Å². The number of carbonyl (C=O) groups is 1. The number of benzene rings is 2. The van der Waals surface area contributed by atoms with Crippen LogP contribution in [0.1, 0.15) is 22.6 Å². The van der Waals surface area contributed by atoms with Crippen LogP contribution in [-0.4, -0.2) is 17.4 Å². The number of hydrogen-bond donors (Lipinski definition) is 0. The van der Waals surface area contributed by atoms with E-state index in [2.05, 4.69) is 6.58 Å². The molecule has 0 unspecified atom stereocenters. The van der Waals surface area contributed by atoms with Crippen LogP contribution >= 0.6 is 0 Å². The standard InChI is InChI=1S/C18H15F2NO/c1-2-17(22)21-10-12-6-3-4-7-13(12)14(11-21)18-15(19)8-5-9-16(18)20/h2-9,14H,1,10-11H2/t14-/m0/s1. The Balaban J connectivity index is 2.13. The van der Waals surface area contributed by atoms with Crippen molar-refractivity contribution >= 4 is 5.91 Å². The summed E-state index contributed by atoms with van der Waals surface area (Å²) in [5, 5.41) is 0. The average molecular weight is 299 g/mol. The maximum absolute atomic E-state index is 14.2. The van der Waals surface area contributed by atoms with E-state index in [4.69, 9.17) is 0 Å². The largest absolute Gasteiger partial charge is 0.334 e. The zero-order valence-electron chi connectivity index (χ0n) is 11.9. The van der Waals surface area contributed by atoms with Gasteiger partial charge in [-0.1, -0.05) is 36.9 Å². The third-order valence-electron chi connectivity index (χ3n) is 4.03. The highest BCUT2D eigenvalue weighted by molar-refractivity contribution is 5.87. The molecule has 0 aromatic heterocycles. The van der Waals surface area contributed by atoms with Crippen molar-refractivity contribution in [2.24, 2.45) is 0 Å². The molecule has 0 aliphatic carbocycles. The number of hydrogen-bond acceptors (Lipinski definition) is 1. The third-order valence-corrected chi connectivity index (χ3v) is 4.03. The predicted octanol–water partition coefficient (Wildman–Crippen LogP) is 3.62. The molecule has 2 nitrogen and oxygen atoms in total. The Bertz CT molecular complexity index is 721. The molecule has 0 radical (unpaired) electrons. The van der Waals surface area contributed by atoms with Gasteiger partial charge in [0, 0.05) is 24.6 Å². The van der Waals surface area contributed by atoms with Gasteiger partial charge in [-0.3, -0.25) is 4.79 Å². The quantitative estimate of drug-likeness (QED) is 0.776. The van der Waals surface area contributed by atoms with Gasteiger partial charge < -0.3 is 4.90 Å². The number of nitrogens with zero attached hydrogens (tertiary/aromatic N) is 1. The first-order valence-electron chi connectivity index (χ1n) is 7.05. The van der Waals surface area contributed by atoms with Crippen LogP contribution < -0.4 is 0 Å². The lowest BCUT2D eigenvalue weighted by Gasteiger charge is -2.34. The normalized spacial score (nSPS) is 17.0. The second-order valence-corrected chi connectivity index (χ2v) is 5.31. The minimum absolute atomic E-state index is 0.0107. The van der Waals surface area contributed by atoms with Gasteiger partial charge in [0.25, 0.3) is 0 Å². The van der Waals surface area contributed by atoms with Crippen LogP contribution in [0.2, 0.25) is 0 Å². The van der Waals surface area contributed by atoms with E-state index in [0.717, 1.165) is 11.1 Å². The van der Waals surface area contributed by atoms with Crippen LogP contribution in [0.25, 0.3) is 0 Å². The maximum atomic E-state index is 14.2. The Kier molecular flexibility index (Phi) is 3.75. The predicted molar refractivity (Wildman–Crippen MR) is 80.3 cm³/mol. The summed E-state index contributed by atoms with van der Waals surface area (Å²) in [7, 11) is 0. The van der Waals surface area contributed by atoms with Crippen molar-refractivity contribution in [2.45, 2.75) is 12.5 Å². The van der Waals surface area contributed by atoms with Gasteiger partial charge in [0.05, 0.1) is 0 Å². The van der Waals surface area contributed by atoms with Crippen LogP contribution in [0.15, 0.2) is 55.1 Å². The van der Waals surface area contributed by atoms with E-state index in [1.165, 1.54) is 24.3 Å². The lowest BCUT2D eigenvalue weighted by molar-refractivity contribution is -0.127. The summed E-state index contributed by atoms with van der Waals surface area (Å²) in [4.78, 5) is 13.5. The Hall–Kier alpha value is -2.49. The molecule has 0 spiro atoms. The summed E-state index contributed by atoms with van der Waals surface area (Å²) < 4.78 is 28.4. The summed E-state index contributed by atoms with van der Waals surface area (Å²) >= 11 is 0. The van der Waals surface area contributed by atoms with Crippen LogP contribution in [0.4, 0.5) is 8.78 Å². The molecule has 0 N–H and O–H groups in total. The first kappa shape index (κ1) is 14.4. The average Bonchev–Trinajstić information content (AvgIpc) is 2.53. The molecule has 0 saturated heterocycles. The Labute approximate surface area is 127 Å². The van der Waals surface area contributed by atoms with E-state index >= 15 is 0 Å². The first-order chi connectivity index (χ1) is 10.6. The van der Waals surface area contributed by atoms with Crippen molar-refractivity contribution in [1.82, 2.24) is 4.90 Å². The molecule has 3 rings (SSSR count). The Morgan fingerprint density at radius 1 is 1.14 bits per heavy atom. The van der Waals surface area contributed by atoms with E-state index in [0.29, 0.717) is 6.54 Å². The van der Waals surface area contributed by atoms with Crippen molar-refractivity contribution in [2.75, 3.05) is 6.54 Å². The number of amides is 1. The molecule has 1 aliphatic heterocycles. The van der Waals surface area contributed by atoms with Crippen molar-refractivity contribution < 1.29 is 13.6 Å². The molecule has 112 valence electrons. The zero-order chi connectivity index (χ0) is 15.7. The summed E-state index contributed by atoms with van der Waals surface area (Å²) in [6.45, 7) is 4.15. The van der Waals surface area contributed by atoms with Crippen LogP contribution in [0, 0.1) is 11.6 Å². The van der Waals surface area contributed by atoms with E-state index < -0.39 is 17.6 Å². The summed E-state index contributed by atoms with van der Waals surface area (Å²) in [5.41, 5.74) is 1.77. The number of halogens is 2. The topological polar surface area (TPSA) is 20.3 Å². The number of rotatable bonds is 2. The summed E-state index contributed by atoms with van der Waals surface area (Å²) in [6.07, 6.45) is 1.22. The smallest absolute Gasteiger partial charge is 0.246 e.